The molecule has 1 heterocycles. The Balaban J connectivity index is 1.93. The van der Waals surface area contributed by atoms with Crippen LogP contribution in [0.25, 0.3) is 10.8 Å². The standard InChI is InChI=1S/C19H17N/c1-2-15(14-19-9-5-6-12-20-19)18-11-10-16-7-3-4-8-17(16)13-18/h2-13,15H,1,14H2/t15-/m1/s1. The summed E-state index contributed by atoms with van der Waals surface area (Å²) in [6, 6.07) is 21.1. The second-order valence-corrected chi connectivity index (χ2v) is 4.97. The Labute approximate surface area is 119 Å². The lowest BCUT2D eigenvalue weighted by molar-refractivity contribution is 0.812. The highest BCUT2D eigenvalue weighted by molar-refractivity contribution is 5.83. The van der Waals surface area contributed by atoms with E-state index in [4.69, 9.17) is 0 Å². The largest absolute Gasteiger partial charge is 0.261 e. The smallest absolute Gasteiger partial charge is 0.0412 e. The molecule has 0 radical (unpaired) electrons. The summed E-state index contributed by atoms with van der Waals surface area (Å²) < 4.78 is 0. The van der Waals surface area contributed by atoms with Crippen LogP contribution >= 0.6 is 0 Å². The van der Waals surface area contributed by atoms with Crippen molar-refractivity contribution in [2.45, 2.75) is 12.3 Å². The van der Waals surface area contributed by atoms with E-state index < -0.39 is 0 Å². The van der Waals surface area contributed by atoms with Gasteiger partial charge in [-0.25, -0.2) is 0 Å². The number of aromatic nitrogens is 1. The zero-order valence-corrected chi connectivity index (χ0v) is 11.4. The second kappa shape index (κ2) is 5.70. The number of benzene rings is 2. The number of rotatable bonds is 4. The van der Waals surface area contributed by atoms with Gasteiger partial charge in [0, 0.05) is 17.8 Å². The van der Waals surface area contributed by atoms with Gasteiger partial charge in [-0.1, -0.05) is 54.6 Å². The summed E-state index contributed by atoms with van der Waals surface area (Å²) in [6.07, 6.45) is 4.75. The first-order valence-corrected chi connectivity index (χ1v) is 6.88. The van der Waals surface area contributed by atoms with Crippen LogP contribution in [0.3, 0.4) is 0 Å². The number of nitrogens with zero attached hydrogens (tertiary/aromatic N) is 1. The zero-order valence-electron chi connectivity index (χ0n) is 11.4. The normalized spacial score (nSPS) is 12.2. The minimum Gasteiger partial charge on any atom is -0.261 e. The van der Waals surface area contributed by atoms with E-state index in [1.807, 2.05) is 24.4 Å². The van der Waals surface area contributed by atoms with Crippen LogP contribution in [-0.4, -0.2) is 4.98 Å². The van der Waals surface area contributed by atoms with E-state index in [9.17, 15) is 0 Å². The Morgan fingerprint density at radius 2 is 1.75 bits per heavy atom. The zero-order chi connectivity index (χ0) is 13.8. The maximum Gasteiger partial charge on any atom is 0.0412 e. The van der Waals surface area contributed by atoms with Crippen LogP contribution in [0.5, 0.6) is 0 Å². The van der Waals surface area contributed by atoms with E-state index in [-0.39, 0.29) is 0 Å². The molecule has 0 aliphatic heterocycles. The predicted molar refractivity (Wildman–Crippen MR) is 84.8 cm³/mol. The van der Waals surface area contributed by atoms with Gasteiger partial charge in [0.1, 0.15) is 0 Å². The Kier molecular flexibility index (Phi) is 3.60. The Bertz CT molecular complexity index is 716. The maximum absolute atomic E-state index is 4.41. The lowest BCUT2D eigenvalue weighted by atomic mass is 9.92. The molecule has 3 aromatic rings. The van der Waals surface area contributed by atoms with E-state index in [0.29, 0.717) is 5.92 Å². The Morgan fingerprint density at radius 3 is 2.50 bits per heavy atom. The molecule has 1 atom stereocenters. The van der Waals surface area contributed by atoms with Gasteiger partial charge in [-0.05, 0) is 34.9 Å². The third-order valence-corrected chi connectivity index (χ3v) is 3.64. The van der Waals surface area contributed by atoms with Crippen molar-refractivity contribution in [3.8, 4) is 0 Å². The van der Waals surface area contributed by atoms with Crippen LogP contribution in [0.4, 0.5) is 0 Å². The van der Waals surface area contributed by atoms with Gasteiger partial charge in [-0.3, -0.25) is 4.98 Å². The highest BCUT2D eigenvalue weighted by atomic mass is 14.7. The van der Waals surface area contributed by atoms with Crippen LogP contribution in [0, 0.1) is 0 Å². The molecule has 0 spiro atoms. The fraction of sp³-hybridized carbons (Fsp3) is 0.105. The van der Waals surface area contributed by atoms with Gasteiger partial charge < -0.3 is 0 Å². The molecule has 0 N–H and O–H groups in total. The molecule has 20 heavy (non-hydrogen) atoms. The van der Waals surface area contributed by atoms with E-state index in [1.165, 1.54) is 16.3 Å². The highest BCUT2D eigenvalue weighted by Gasteiger charge is 2.09. The summed E-state index contributed by atoms with van der Waals surface area (Å²) in [5.41, 5.74) is 2.40. The third-order valence-electron chi connectivity index (χ3n) is 3.64. The van der Waals surface area contributed by atoms with Gasteiger partial charge in [-0.15, -0.1) is 6.58 Å². The molecule has 0 bridgehead atoms. The minimum atomic E-state index is 0.300. The van der Waals surface area contributed by atoms with Gasteiger partial charge in [0.25, 0.3) is 0 Å². The predicted octanol–water partition coefficient (Wildman–Crippen LogP) is 4.75. The van der Waals surface area contributed by atoms with Crippen LogP contribution in [-0.2, 0) is 6.42 Å². The summed E-state index contributed by atoms with van der Waals surface area (Å²) in [5.74, 6) is 0.300. The topological polar surface area (TPSA) is 12.9 Å². The molecular weight excluding hydrogens is 242 g/mol. The first-order chi connectivity index (χ1) is 9.86. The van der Waals surface area contributed by atoms with Gasteiger partial charge in [-0.2, -0.15) is 0 Å². The monoisotopic (exact) mass is 259 g/mol. The first-order valence-electron chi connectivity index (χ1n) is 6.88. The van der Waals surface area contributed by atoms with Crippen molar-refractivity contribution >= 4 is 10.8 Å². The van der Waals surface area contributed by atoms with E-state index in [1.54, 1.807) is 0 Å². The quantitative estimate of drug-likeness (QED) is 0.616. The Hall–Kier alpha value is -2.41. The molecule has 0 fully saturated rings. The van der Waals surface area contributed by atoms with Crippen LogP contribution in [0.2, 0.25) is 0 Å². The summed E-state index contributed by atoms with van der Waals surface area (Å²) in [7, 11) is 0. The molecule has 2 aromatic carbocycles. The average molecular weight is 259 g/mol. The molecule has 0 saturated heterocycles. The minimum absolute atomic E-state index is 0.300. The van der Waals surface area contributed by atoms with Crippen molar-refractivity contribution in [2.24, 2.45) is 0 Å². The second-order valence-electron chi connectivity index (χ2n) is 4.97. The molecule has 3 rings (SSSR count). The van der Waals surface area contributed by atoms with Crippen molar-refractivity contribution in [3.05, 3.63) is 90.8 Å². The molecule has 0 aliphatic rings. The number of pyridine rings is 1. The van der Waals surface area contributed by atoms with Gasteiger partial charge in [0.05, 0.1) is 0 Å². The molecule has 0 unspecified atom stereocenters. The van der Waals surface area contributed by atoms with Gasteiger partial charge in [0.15, 0.2) is 0 Å². The van der Waals surface area contributed by atoms with Crippen LogP contribution in [0.15, 0.2) is 79.5 Å². The lowest BCUT2D eigenvalue weighted by Crippen LogP contribution is -2.01. The third kappa shape index (κ3) is 2.62. The van der Waals surface area contributed by atoms with E-state index in [0.717, 1.165) is 12.1 Å². The average Bonchev–Trinajstić information content (AvgIpc) is 2.53. The molecule has 1 aromatic heterocycles. The van der Waals surface area contributed by atoms with Crippen molar-refractivity contribution in [1.29, 1.82) is 0 Å². The molecule has 1 nitrogen and oxygen atoms in total. The summed E-state index contributed by atoms with van der Waals surface area (Å²) >= 11 is 0. The summed E-state index contributed by atoms with van der Waals surface area (Å²) in [6.45, 7) is 3.99. The Morgan fingerprint density at radius 1 is 0.950 bits per heavy atom. The van der Waals surface area contributed by atoms with Crippen molar-refractivity contribution in [2.75, 3.05) is 0 Å². The van der Waals surface area contributed by atoms with E-state index >= 15 is 0 Å². The fourth-order valence-corrected chi connectivity index (χ4v) is 2.52. The molecule has 0 aliphatic carbocycles. The summed E-state index contributed by atoms with van der Waals surface area (Å²) in [4.78, 5) is 4.41. The van der Waals surface area contributed by atoms with Gasteiger partial charge >= 0.3 is 0 Å². The fourth-order valence-electron chi connectivity index (χ4n) is 2.52. The van der Waals surface area contributed by atoms with E-state index in [2.05, 4.69) is 60.1 Å². The molecule has 0 amide bonds. The van der Waals surface area contributed by atoms with Crippen LogP contribution < -0.4 is 0 Å². The number of hydrogen-bond donors (Lipinski definition) is 0. The highest BCUT2D eigenvalue weighted by Crippen LogP contribution is 2.25. The van der Waals surface area contributed by atoms with Gasteiger partial charge in [0.2, 0.25) is 0 Å². The first kappa shape index (κ1) is 12.6. The van der Waals surface area contributed by atoms with Crippen molar-refractivity contribution in [3.63, 3.8) is 0 Å². The van der Waals surface area contributed by atoms with Crippen molar-refractivity contribution < 1.29 is 0 Å². The van der Waals surface area contributed by atoms with Crippen LogP contribution in [0.1, 0.15) is 17.2 Å². The molecule has 98 valence electrons. The maximum atomic E-state index is 4.41. The SMILES string of the molecule is C=C[C@H](Cc1ccccn1)c1ccc2ccccc2c1. The van der Waals surface area contributed by atoms with Crippen molar-refractivity contribution in [1.82, 2.24) is 4.98 Å². The number of allylic oxidation sites excluding steroid dienone is 1. The molecule has 0 saturated carbocycles. The molecular formula is C19H17N. The lowest BCUT2D eigenvalue weighted by Gasteiger charge is -2.13. The number of hydrogen-bond acceptors (Lipinski definition) is 1. The molecule has 1 heteroatoms. The number of fused-ring (bicyclic) bond motifs is 1. The summed E-state index contributed by atoms with van der Waals surface area (Å²) in [5, 5.41) is 2.55.